The van der Waals surface area contributed by atoms with Gasteiger partial charge >= 0.3 is 0 Å². The second-order valence-corrected chi connectivity index (χ2v) is 1.47. The van der Waals surface area contributed by atoms with Crippen molar-refractivity contribution in [2.45, 2.75) is 0 Å². The number of hydrogen-bond acceptors (Lipinski definition) is 1. The maximum absolute atomic E-state index is 9.53. The van der Waals surface area contributed by atoms with E-state index < -0.39 is 0 Å². The number of hydrogen-bond donors (Lipinski definition) is 0. The normalized spacial score (nSPS) is 7.60. The molecular weight excluding hydrogens is 157 g/mol. The van der Waals surface area contributed by atoms with Crippen LogP contribution in [0, 0.1) is 0 Å². The van der Waals surface area contributed by atoms with Gasteiger partial charge in [0.1, 0.15) is 0 Å². The molecule has 0 atom stereocenters. The summed E-state index contributed by atoms with van der Waals surface area (Å²) in [6.07, 6.45) is 0. The molecule has 0 aliphatic heterocycles. The van der Waals surface area contributed by atoms with Gasteiger partial charge in [0.2, 0.25) is 5.24 Å². The van der Waals surface area contributed by atoms with E-state index in [1.165, 1.54) is 0 Å². The lowest BCUT2D eigenvalue weighted by atomic mass is 11.9. The van der Waals surface area contributed by atoms with E-state index >= 15 is 0 Å². The second-order valence-electron chi connectivity index (χ2n) is 0.489. The zero-order chi connectivity index (χ0) is 4.28. The largest absolute Gasteiger partial charge is 0.280 e. The summed E-state index contributed by atoms with van der Waals surface area (Å²) in [7, 11) is 0. The molecule has 0 saturated carbocycles. The van der Waals surface area contributed by atoms with Crippen molar-refractivity contribution < 1.29 is 4.79 Å². The zero-order valence-corrected chi connectivity index (χ0v) is 4.71. The summed E-state index contributed by atoms with van der Waals surface area (Å²) < 4.78 is 0. The van der Waals surface area contributed by atoms with Crippen molar-refractivity contribution in [2.24, 2.45) is 0 Å². The highest BCUT2D eigenvalue weighted by atomic mass is 79.9. The van der Waals surface area contributed by atoms with Crippen molar-refractivity contribution in [1.29, 1.82) is 0 Å². The van der Waals surface area contributed by atoms with Crippen molar-refractivity contribution in [1.82, 2.24) is 0 Å². The predicted octanol–water partition coefficient (Wildman–Crippen LogP) is 1.15. The molecule has 0 N–H and O–H groups in total. The lowest BCUT2D eigenvalue weighted by molar-refractivity contribution is -0.109. The number of halogens is 2. The Hall–Kier alpha value is 0.440. The Kier molecular flexibility index (Phi) is 2.90. The van der Waals surface area contributed by atoms with E-state index in [4.69, 9.17) is 11.6 Å². The molecule has 0 rings (SSSR count). The molecular formula is C2H2BrClO. The first-order chi connectivity index (χ1) is 2.27. The standard InChI is InChI=1S/C2H2BrClO/c3-1-2(4)5/h1H2/i1+1,2+1. The van der Waals surface area contributed by atoms with Crippen LogP contribution in [0.1, 0.15) is 0 Å². The van der Waals surface area contributed by atoms with Crippen LogP contribution in [0.5, 0.6) is 0 Å². The fourth-order valence-electron chi connectivity index (χ4n) is 0. The first-order valence-electron chi connectivity index (χ1n) is 1.01. The third-order valence-corrected chi connectivity index (χ3v) is 1.07. The van der Waals surface area contributed by atoms with Crippen LogP contribution in [0.4, 0.5) is 0 Å². The van der Waals surface area contributed by atoms with Crippen LogP contribution in [0.25, 0.3) is 0 Å². The Morgan fingerprint density at radius 2 is 2.20 bits per heavy atom. The lowest BCUT2D eigenvalue weighted by Crippen LogP contribution is -1.80. The van der Waals surface area contributed by atoms with Gasteiger partial charge < -0.3 is 0 Å². The molecule has 0 heterocycles. The molecule has 30 valence electrons. The topological polar surface area (TPSA) is 17.1 Å². The quantitative estimate of drug-likeness (QED) is 0.319. The maximum Gasteiger partial charge on any atom is 0.232 e. The van der Waals surface area contributed by atoms with E-state index in [1.807, 2.05) is 0 Å². The average molecular weight is 159 g/mol. The Labute approximate surface area is 43.4 Å². The van der Waals surface area contributed by atoms with Crippen LogP contribution in [-0.2, 0) is 4.79 Å². The van der Waals surface area contributed by atoms with Crippen LogP contribution in [-0.4, -0.2) is 10.6 Å². The molecule has 0 radical (unpaired) electrons. The molecule has 0 bridgehead atoms. The molecule has 0 aromatic carbocycles. The van der Waals surface area contributed by atoms with Crippen molar-refractivity contribution in [3.8, 4) is 0 Å². The first kappa shape index (κ1) is 5.44. The molecule has 0 unspecified atom stereocenters. The van der Waals surface area contributed by atoms with Gasteiger partial charge in [-0.15, -0.1) is 0 Å². The second kappa shape index (κ2) is 2.67. The molecule has 0 aliphatic carbocycles. The van der Waals surface area contributed by atoms with Crippen molar-refractivity contribution in [2.75, 3.05) is 5.33 Å². The highest BCUT2D eigenvalue weighted by molar-refractivity contribution is 9.09. The molecule has 0 fully saturated rings. The third kappa shape index (κ3) is 4.44. The van der Waals surface area contributed by atoms with E-state index in [1.54, 1.807) is 0 Å². The van der Waals surface area contributed by atoms with Gasteiger partial charge in [-0.2, -0.15) is 0 Å². The molecule has 0 aromatic heterocycles. The smallest absolute Gasteiger partial charge is 0.232 e. The highest BCUT2D eigenvalue weighted by Crippen LogP contribution is 1.83. The van der Waals surface area contributed by atoms with E-state index in [9.17, 15) is 4.79 Å². The summed E-state index contributed by atoms with van der Waals surface area (Å²) >= 11 is 7.61. The molecule has 0 spiro atoms. The SMILES string of the molecule is O=[13C](Cl)[13CH2]Br. The van der Waals surface area contributed by atoms with Crippen LogP contribution in [0.2, 0.25) is 0 Å². The van der Waals surface area contributed by atoms with E-state index in [-0.39, 0.29) is 10.6 Å². The summed E-state index contributed by atoms with van der Waals surface area (Å²) in [4.78, 5) is 9.53. The minimum atomic E-state index is -0.356. The summed E-state index contributed by atoms with van der Waals surface area (Å²) in [5, 5.41) is -0.112. The Morgan fingerprint density at radius 1 is 2.00 bits per heavy atom. The summed E-state index contributed by atoms with van der Waals surface area (Å²) in [5.41, 5.74) is 0. The van der Waals surface area contributed by atoms with Gasteiger partial charge in [-0.05, 0) is 11.6 Å². The zero-order valence-electron chi connectivity index (χ0n) is 2.37. The fraction of sp³-hybridized carbons (Fsp3) is 0.500. The van der Waals surface area contributed by atoms with E-state index in [2.05, 4.69) is 15.9 Å². The summed E-state index contributed by atoms with van der Waals surface area (Å²) in [6, 6.07) is 0. The maximum atomic E-state index is 9.53. The van der Waals surface area contributed by atoms with Crippen molar-refractivity contribution in [3.63, 3.8) is 0 Å². The van der Waals surface area contributed by atoms with Crippen LogP contribution < -0.4 is 0 Å². The minimum absolute atomic E-state index is 0.245. The van der Waals surface area contributed by atoms with Crippen molar-refractivity contribution in [3.05, 3.63) is 0 Å². The van der Waals surface area contributed by atoms with Gasteiger partial charge in [0, 0.05) is 0 Å². The van der Waals surface area contributed by atoms with Crippen LogP contribution in [0.3, 0.4) is 0 Å². The van der Waals surface area contributed by atoms with Crippen LogP contribution >= 0.6 is 27.5 Å². The first-order valence-corrected chi connectivity index (χ1v) is 2.51. The van der Waals surface area contributed by atoms with Gasteiger partial charge in [-0.25, -0.2) is 0 Å². The molecule has 5 heavy (non-hydrogen) atoms. The van der Waals surface area contributed by atoms with E-state index in [0.29, 0.717) is 0 Å². The fourth-order valence-corrected chi connectivity index (χ4v) is 0. The molecule has 0 saturated heterocycles. The highest BCUT2D eigenvalue weighted by Gasteiger charge is 1.83. The molecule has 3 heteroatoms. The lowest BCUT2D eigenvalue weighted by Gasteiger charge is -1.66. The number of carbonyl (C=O) groups is 1. The summed E-state index contributed by atoms with van der Waals surface area (Å²) in [6.45, 7) is 0. The van der Waals surface area contributed by atoms with Gasteiger partial charge in [0.25, 0.3) is 0 Å². The molecule has 0 aliphatic rings. The Balaban J connectivity index is 2.85. The number of rotatable bonds is 1. The molecule has 0 aromatic rings. The Morgan fingerprint density at radius 3 is 2.20 bits per heavy atom. The van der Waals surface area contributed by atoms with E-state index in [0.717, 1.165) is 0 Å². The number of alkyl halides is 1. The number of carbonyl (C=O) groups excluding carboxylic acids is 1. The van der Waals surface area contributed by atoms with Gasteiger partial charge in [-0.3, -0.25) is 4.79 Å². The summed E-state index contributed by atoms with van der Waals surface area (Å²) in [5.74, 6) is 0. The molecule has 1 nitrogen and oxygen atoms in total. The van der Waals surface area contributed by atoms with Gasteiger partial charge in [-0.1, -0.05) is 15.9 Å². The Bertz CT molecular complexity index is 44.9. The third-order valence-electron chi connectivity index (χ3n) is 0.105. The van der Waals surface area contributed by atoms with Gasteiger partial charge in [0.05, 0.1) is 5.33 Å². The average Bonchev–Trinajstić information content (AvgIpc) is 1.38. The molecule has 0 amide bonds. The predicted molar refractivity (Wildman–Crippen MR) is 24.7 cm³/mol. The van der Waals surface area contributed by atoms with Crippen LogP contribution in [0.15, 0.2) is 0 Å². The monoisotopic (exact) mass is 158 g/mol. The van der Waals surface area contributed by atoms with Gasteiger partial charge in [0.15, 0.2) is 0 Å². The minimum Gasteiger partial charge on any atom is -0.280 e. The van der Waals surface area contributed by atoms with Crippen molar-refractivity contribution >= 4 is 32.8 Å².